The highest BCUT2D eigenvalue weighted by molar-refractivity contribution is 5.92. The summed E-state index contributed by atoms with van der Waals surface area (Å²) in [5.74, 6) is 2.10. The van der Waals surface area contributed by atoms with Crippen LogP contribution >= 0.6 is 0 Å². The molecule has 2 heterocycles. The first-order valence-electron chi connectivity index (χ1n) is 9.15. The van der Waals surface area contributed by atoms with Crippen LogP contribution in [0.4, 0.5) is 5.69 Å². The number of nitrogens with zero attached hydrogens (tertiary/aromatic N) is 2. The van der Waals surface area contributed by atoms with Gasteiger partial charge in [0.2, 0.25) is 5.91 Å². The van der Waals surface area contributed by atoms with Crippen molar-refractivity contribution >= 4 is 22.6 Å². The molecule has 0 saturated carbocycles. The van der Waals surface area contributed by atoms with Crippen molar-refractivity contribution in [2.75, 3.05) is 18.5 Å². The first-order valence-corrected chi connectivity index (χ1v) is 9.15. The molecule has 27 heavy (non-hydrogen) atoms. The lowest BCUT2D eigenvalue weighted by Crippen LogP contribution is -2.19. The van der Waals surface area contributed by atoms with Gasteiger partial charge in [-0.05, 0) is 44.0 Å². The Labute approximate surface area is 158 Å². The number of nitrogens with one attached hydrogen (secondary N) is 1. The number of aromatic nitrogens is 2. The van der Waals surface area contributed by atoms with E-state index in [2.05, 4.69) is 17.2 Å². The Morgan fingerprint density at radius 3 is 2.56 bits per heavy atom. The average molecular weight is 365 g/mol. The van der Waals surface area contributed by atoms with Gasteiger partial charge >= 0.3 is 0 Å². The van der Waals surface area contributed by atoms with Crippen molar-refractivity contribution in [3.05, 3.63) is 47.3 Å². The number of carbonyl (C=O) groups excluding carboxylic acids is 1. The van der Waals surface area contributed by atoms with E-state index in [9.17, 15) is 4.79 Å². The molecule has 6 heteroatoms. The van der Waals surface area contributed by atoms with Gasteiger partial charge in [0.15, 0.2) is 11.5 Å². The molecule has 0 unspecified atom stereocenters. The van der Waals surface area contributed by atoms with Crippen molar-refractivity contribution in [2.45, 2.75) is 33.7 Å². The maximum Gasteiger partial charge on any atom is 0.244 e. The molecule has 0 fully saturated rings. The van der Waals surface area contributed by atoms with E-state index >= 15 is 0 Å². The largest absolute Gasteiger partial charge is 0.489 e. The number of benzene rings is 2. The lowest BCUT2D eigenvalue weighted by molar-refractivity contribution is -0.116. The second-order valence-corrected chi connectivity index (χ2v) is 6.93. The quantitative estimate of drug-likeness (QED) is 0.767. The monoisotopic (exact) mass is 365 g/mol. The summed E-state index contributed by atoms with van der Waals surface area (Å²) in [6.07, 6.45) is 0.851. The minimum Gasteiger partial charge on any atom is -0.489 e. The van der Waals surface area contributed by atoms with Gasteiger partial charge in [0.1, 0.15) is 12.4 Å². The summed E-state index contributed by atoms with van der Waals surface area (Å²) in [7, 11) is 0. The molecule has 1 aliphatic heterocycles. The van der Waals surface area contributed by atoms with Crippen LogP contribution in [0.3, 0.4) is 0 Å². The molecule has 1 aromatic heterocycles. The van der Waals surface area contributed by atoms with E-state index < -0.39 is 0 Å². The molecule has 1 amide bonds. The summed E-state index contributed by atoms with van der Waals surface area (Å²) < 4.78 is 13.4. The standard InChI is InChI=1S/C21H23N3O3/c1-13-5-6-16(9-14(13)2)23-21(25)12-24-15(3)22-17-10-19-20(11-18(17)24)27-8-4-7-26-19/h5-6,9-11H,4,7-8,12H2,1-3H3,(H,23,25). The third kappa shape index (κ3) is 3.47. The predicted octanol–water partition coefficient (Wildman–Crippen LogP) is 3.76. The number of rotatable bonds is 3. The lowest BCUT2D eigenvalue weighted by Gasteiger charge is -2.11. The number of aryl methyl sites for hydroxylation is 3. The van der Waals surface area contributed by atoms with E-state index in [-0.39, 0.29) is 12.5 Å². The zero-order chi connectivity index (χ0) is 19.0. The zero-order valence-electron chi connectivity index (χ0n) is 15.8. The summed E-state index contributed by atoms with van der Waals surface area (Å²) >= 11 is 0. The van der Waals surface area contributed by atoms with Gasteiger partial charge < -0.3 is 19.4 Å². The number of imidazole rings is 1. The molecule has 2 aromatic carbocycles. The fourth-order valence-corrected chi connectivity index (χ4v) is 3.26. The van der Waals surface area contributed by atoms with Crippen LogP contribution in [0.15, 0.2) is 30.3 Å². The molecule has 6 nitrogen and oxygen atoms in total. The number of hydrogen-bond donors (Lipinski definition) is 1. The molecule has 0 radical (unpaired) electrons. The van der Waals surface area contributed by atoms with Gasteiger partial charge in [-0.3, -0.25) is 4.79 Å². The van der Waals surface area contributed by atoms with Crippen molar-refractivity contribution < 1.29 is 14.3 Å². The average Bonchev–Trinajstić information content (AvgIpc) is 2.80. The van der Waals surface area contributed by atoms with Gasteiger partial charge in [0.25, 0.3) is 0 Å². The van der Waals surface area contributed by atoms with Crippen molar-refractivity contribution in [2.24, 2.45) is 0 Å². The SMILES string of the molecule is Cc1ccc(NC(=O)Cn2c(C)nc3cc4c(cc32)OCCCO4)cc1C. The molecule has 1 N–H and O–H groups in total. The maximum absolute atomic E-state index is 12.6. The molecular formula is C21H23N3O3. The number of hydrogen-bond acceptors (Lipinski definition) is 4. The van der Waals surface area contributed by atoms with Crippen LogP contribution in [-0.4, -0.2) is 28.7 Å². The highest BCUT2D eigenvalue weighted by atomic mass is 16.5. The van der Waals surface area contributed by atoms with E-state index in [0.29, 0.717) is 24.7 Å². The summed E-state index contributed by atoms with van der Waals surface area (Å²) in [4.78, 5) is 17.2. The molecular weight excluding hydrogens is 342 g/mol. The Hall–Kier alpha value is -3.02. The highest BCUT2D eigenvalue weighted by Crippen LogP contribution is 2.34. The molecule has 0 spiro atoms. The Kier molecular flexibility index (Phi) is 4.48. The number of anilines is 1. The number of fused-ring (bicyclic) bond motifs is 2. The second kappa shape index (κ2) is 6.95. The molecule has 0 atom stereocenters. The van der Waals surface area contributed by atoms with Crippen LogP contribution in [0, 0.1) is 20.8 Å². The first kappa shape index (κ1) is 17.4. The van der Waals surface area contributed by atoms with Gasteiger partial charge in [0.05, 0.1) is 24.2 Å². The van der Waals surface area contributed by atoms with E-state index in [0.717, 1.165) is 34.5 Å². The summed E-state index contributed by atoms with van der Waals surface area (Å²) in [6, 6.07) is 9.72. The third-order valence-corrected chi connectivity index (χ3v) is 4.90. The number of carbonyl (C=O) groups is 1. The molecule has 0 saturated heterocycles. The normalized spacial score (nSPS) is 13.4. The van der Waals surface area contributed by atoms with Crippen LogP contribution in [0.2, 0.25) is 0 Å². The van der Waals surface area contributed by atoms with Crippen molar-refractivity contribution in [1.82, 2.24) is 9.55 Å². The summed E-state index contributed by atoms with van der Waals surface area (Å²) in [5, 5.41) is 2.97. The fraction of sp³-hybridized carbons (Fsp3) is 0.333. The van der Waals surface area contributed by atoms with Gasteiger partial charge in [-0.15, -0.1) is 0 Å². The third-order valence-electron chi connectivity index (χ3n) is 4.90. The highest BCUT2D eigenvalue weighted by Gasteiger charge is 2.17. The Morgan fingerprint density at radius 1 is 1.07 bits per heavy atom. The lowest BCUT2D eigenvalue weighted by atomic mass is 10.1. The van der Waals surface area contributed by atoms with Gasteiger partial charge in [-0.25, -0.2) is 4.98 Å². The minimum absolute atomic E-state index is 0.0900. The van der Waals surface area contributed by atoms with Crippen LogP contribution in [0.5, 0.6) is 11.5 Å². The van der Waals surface area contributed by atoms with Crippen LogP contribution < -0.4 is 14.8 Å². The molecule has 1 aliphatic rings. The molecule has 0 aliphatic carbocycles. The van der Waals surface area contributed by atoms with Gasteiger partial charge in [-0.2, -0.15) is 0 Å². The predicted molar refractivity (Wildman–Crippen MR) is 105 cm³/mol. The molecule has 4 rings (SSSR count). The van der Waals surface area contributed by atoms with Crippen molar-refractivity contribution in [1.29, 1.82) is 0 Å². The van der Waals surface area contributed by atoms with Crippen molar-refractivity contribution in [3.63, 3.8) is 0 Å². The van der Waals surface area contributed by atoms with E-state index in [1.54, 1.807) is 0 Å². The summed E-state index contributed by atoms with van der Waals surface area (Å²) in [5.41, 5.74) is 4.82. The topological polar surface area (TPSA) is 65.4 Å². The second-order valence-electron chi connectivity index (χ2n) is 6.93. The van der Waals surface area contributed by atoms with Crippen LogP contribution in [-0.2, 0) is 11.3 Å². The smallest absolute Gasteiger partial charge is 0.244 e. The van der Waals surface area contributed by atoms with Crippen LogP contribution in [0.25, 0.3) is 11.0 Å². The van der Waals surface area contributed by atoms with Gasteiger partial charge in [-0.1, -0.05) is 6.07 Å². The minimum atomic E-state index is -0.0900. The summed E-state index contributed by atoms with van der Waals surface area (Å²) in [6.45, 7) is 7.43. The fourth-order valence-electron chi connectivity index (χ4n) is 3.26. The number of amides is 1. The molecule has 3 aromatic rings. The van der Waals surface area contributed by atoms with E-state index in [1.807, 2.05) is 48.7 Å². The molecule has 0 bridgehead atoms. The molecule has 140 valence electrons. The van der Waals surface area contributed by atoms with Crippen LogP contribution in [0.1, 0.15) is 23.4 Å². The van der Waals surface area contributed by atoms with Crippen molar-refractivity contribution in [3.8, 4) is 11.5 Å². The van der Waals surface area contributed by atoms with E-state index in [4.69, 9.17) is 9.47 Å². The van der Waals surface area contributed by atoms with Gasteiger partial charge in [0, 0.05) is 24.2 Å². The van der Waals surface area contributed by atoms with E-state index in [1.165, 1.54) is 5.56 Å². The first-order chi connectivity index (χ1) is 13.0. The zero-order valence-corrected chi connectivity index (χ0v) is 15.8. The Balaban J connectivity index is 1.61. The Morgan fingerprint density at radius 2 is 1.81 bits per heavy atom. The number of ether oxygens (including phenoxy) is 2. The Bertz CT molecular complexity index is 1020. The maximum atomic E-state index is 12.6.